The van der Waals surface area contributed by atoms with E-state index in [0.29, 0.717) is 23.1 Å². The van der Waals surface area contributed by atoms with Gasteiger partial charge in [-0.15, -0.1) is 21.5 Å². The Morgan fingerprint density at radius 2 is 1.95 bits per heavy atom. The molecule has 2 aromatic carbocycles. The number of hydrogen-bond donors (Lipinski definition) is 2. The summed E-state index contributed by atoms with van der Waals surface area (Å²) in [7, 11) is 1.89. The van der Waals surface area contributed by atoms with Crippen LogP contribution in [0.2, 0.25) is 0 Å². The van der Waals surface area contributed by atoms with Crippen molar-refractivity contribution in [3.8, 4) is 11.4 Å². The van der Waals surface area contributed by atoms with Gasteiger partial charge in [-0.3, -0.25) is 9.59 Å². The van der Waals surface area contributed by atoms with Crippen molar-refractivity contribution in [3.63, 3.8) is 0 Å². The predicted molar refractivity (Wildman–Crippen MR) is 148 cm³/mol. The van der Waals surface area contributed by atoms with Gasteiger partial charge in [-0.25, -0.2) is 4.98 Å². The molecule has 1 unspecified atom stereocenters. The van der Waals surface area contributed by atoms with Crippen molar-refractivity contribution in [1.82, 2.24) is 25.1 Å². The summed E-state index contributed by atoms with van der Waals surface area (Å²) in [6.45, 7) is 1.34. The molecule has 0 radical (unpaired) electrons. The number of aromatic nitrogens is 4. The van der Waals surface area contributed by atoms with Crippen LogP contribution in [-0.4, -0.2) is 62.3 Å². The smallest absolute Gasteiger partial charge is 0.234 e. The van der Waals surface area contributed by atoms with E-state index < -0.39 is 0 Å². The predicted octanol–water partition coefficient (Wildman–Crippen LogP) is 4.21. The van der Waals surface area contributed by atoms with Gasteiger partial charge in [0.15, 0.2) is 15.3 Å². The average molecular weight is 555 g/mol. The maximum absolute atomic E-state index is 12.6. The Morgan fingerprint density at radius 3 is 2.76 bits per heavy atom. The van der Waals surface area contributed by atoms with E-state index in [1.54, 1.807) is 0 Å². The Hall–Kier alpha value is -2.93. The Morgan fingerprint density at radius 1 is 1.11 bits per heavy atom. The fourth-order valence-corrected chi connectivity index (χ4v) is 6.51. The van der Waals surface area contributed by atoms with Crippen LogP contribution in [0.1, 0.15) is 12.8 Å². The zero-order valence-corrected chi connectivity index (χ0v) is 22.6. The second kappa shape index (κ2) is 12.1. The summed E-state index contributed by atoms with van der Waals surface area (Å²) in [5, 5.41) is 15.0. The van der Waals surface area contributed by atoms with Crippen molar-refractivity contribution < 1.29 is 14.3 Å². The molecule has 3 heterocycles. The summed E-state index contributed by atoms with van der Waals surface area (Å²) in [5.41, 5.74) is 2.52. The number of hydrogen-bond acceptors (Lipinski definition) is 9. The van der Waals surface area contributed by atoms with Gasteiger partial charge >= 0.3 is 0 Å². The molecule has 0 spiro atoms. The SMILES string of the molecule is Cn1c(SCC(=O)Nc2ccc3nc(SCC(=O)NCC4CCCO4)sc3c2)nnc1-c1ccccc1. The third-order valence-electron chi connectivity index (χ3n) is 5.73. The normalized spacial score (nSPS) is 15.2. The zero-order chi connectivity index (χ0) is 25.6. The van der Waals surface area contributed by atoms with Crippen molar-refractivity contribution >= 4 is 62.6 Å². The second-order valence-electron chi connectivity index (χ2n) is 8.46. The van der Waals surface area contributed by atoms with Gasteiger partial charge in [-0.1, -0.05) is 53.9 Å². The summed E-state index contributed by atoms with van der Waals surface area (Å²) >= 11 is 4.26. The molecule has 1 atom stereocenters. The average Bonchev–Trinajstić information content (AvgIpc) is 3.65. The van der Waals surface area contributed by atoms with Crippen LogP contribution in [-0.2, 0) is 21.4 Å². The number of benzene rings is 2. The van der Waals surface area contributed by atoms with Crippen molar-refractivity contribution in [2.75, 3.05) is 30.0 Å². The summed E-state index contributed by atoms with van der Waals surface area (Å²) in [5.74, 6) is 1.12. The Kier molecular flexibility index (Phi) is 8.39. The van der Waals surface area contributed by atoms with E-state index in [2.05, 4.69) is 25.8 Å². The molecule has 192 valence electrons. The first-order valence-corrected chi connectivity index (χ1v) is 14.6. The van der Waals surface area contributed by atoms with E-state index in [4.69, 9.17) is 4.74 Å². The molecule has 0 saturated carbocycles. The van der Waals surface area contributed by atoms with E-state index in [1.165, 1.54) is 34.9 Å². The van der Waals surface area contributed by atoms with E-state index >= 15 is 0 Å². The van der Waals surface area contributed by atoms with Gasteiger partial charge in [0, 0.05) is 31.5 Å². The topological polar surface area (TPSA) is 111 Å². The molecular weight excluding hydrogens is 529 g/mol. The lowest BCUT2D eigenvalue weighted by Gasteiger charge is -2.09. The van der Waals surface area contributed by atoms with E-state index in [1.807, 2.05) is 60.1 Å². The molecule has 37 heavy (non-hydrogen) atoms. The van der Waals surface area contributed by atoms with Crippen LogP contribution >= 0.6 is 34.9 Å². The number of carbonyl (C=O) groups excluding carboxylic acids is 2. The quantitative estimate of drug-likeness (QED) is 0.281. The number of rotatable bonds is 10. The first-order valence-electron chi connectivity index (χ1n) is 11.8. The highest BCUT2D eigenvalue weighted by Crippen LogP contribution is 2.31. The minimum Gasteiger partial charge on any atom is -0.376 e. The number of nitrogens with zero attached hydrogens (tertiary/aromatic N) is 4. The van der Waals surface area contributed by atoms with Crippen LogP contribution in [0.5, 0.6) is 0 Å². The van der Waals surface area contributed by atoms with Gasteiger partial charge in [0.2, 0.25) is 11.8 Å². The molecule has 5 rings (SSSR count). The van der Waals surface area contributed by atoms with Crippen molar-refractivity contribution in [2.45, 2.75) is 28.4 Å². The molecule has 0 aliphatic carbocycles. The third-order valence-corrected chi connectivity index (χ3v) is 8.91. The highest BCUT2D eigenvalue weighted by atomic mass is 32.2. The summed E-state index contributed by atoms with van der Waals surface area (Å²) < 4.78 is 9.19. The van der Waals surface area contributed by atoms with Gasteiger partial charge in [0.1, 0.15) is 0 Å². The second-order valence-corrected chi connectivity index (χ2v) is 11.7. The van der Waals surface area contributed by atoms with Gasteiger partial charge in [0.25, 0.3) is 0 Å². The minimum atomic E-state index is -0.129. The first-order chi connectivity index (χ1) is 18.0. The van der Waals surface area contributed by atoms with E-state index in [0.717, 1.165) is 45.4 Å². The van der Waals surface area contributed by atoms with Gasteiger partial charge in [-0.2, -0.15) is 0 Å². The molecule has 9 nitrogen and oxygen atoms in total. The fourth-order valence-electron chi connectivity index (χ4n) is 3.86. The van der Waals surface area contributed by atoms with Crippen LogP contribution in [0.25, 0.3) is 21.6 Å². The highest BCUT2D eigenvalue weighted by molar-refractivity contribution is 8.01. The number of ether oxygens (including phenoxy) is 1. The zero-order valence-electron chi connectivity index (χ0n) is 20.2. The molecular formula is C25H26N6O3S3. The maximum Gasteiger partial charge on any atom is 0.234 e. The lowest BCUT2D eigenvalue weighted by Crippen LogP contribution is -2.32. The Bertz CT molecular complexity index is 1390. The minimum absolute atomic E-state index is 0.0241. The number of nitrogens with one attached hydrogen (secondary N) is 2. The van der Waals surface area contributed by atoms with Crippen LogP contribution < -0.4 is 10.6 Å². The lowest BCUT2D eigenvalue weighted by molar-refractivity contribution is -0.119. The van der Waals surface area contributed by atoms with Crippen molar-refractivity contribution in [2.24, 2.45) is 7.05 Å². The number of fused-ring (bicyclic) bond motifs is 1. The van der Waals surface area contributed by atoms with Crippen LogP contribution in [0.4, 0.5) is 5.69 Å². The van der Waals surface area contributed by atoms with Crippen LogP contribution in [0.15, 0.2) is 58.0 Å². The van der Waals surface area contributed by atoms with Crippen molar-refractivity contribution in [1.29, 1.82) is 0 Å². The summed E-state index contributed by atoms with van der Waals surface area (Å²) in [4.78, 5) is 29.3. The largest absolute Gasteiger partial charge is 0.376 e. The third kappa shape index (κ3) is 6.69. The first kappa shape index (κ1) is 25.7. The van der Waals surface area contributed by atoms with Gasteiger partial charge in [-0.05, 0) is 31.0 Å². The molecule has 1 aliphatic rings. The monoisotopic (exact) mass is 554 g/mol. The molecule has 1 saturated heterocycles. The maximum atomic E-state index is 12.6. The molecule has 1 aliphatic heterocycles. The molecule has 0 bridgehead atoms. The fraction of sp³-hybridized carbons (Fsp3) is 0.320. The van der Waals surface area contributed by atoms with Crippen LogP contribution in [0.3, 0.4) is 0 Å². The number of thioether (sulfide) groups is 2. The number of carbonyl (C=O) groups is 2. The van der Waals surface area contributed by atoms with E-state index in [9.17, 15) is 9.59 Å². The number of thiazole rings is 1. The molecule has 2 N–H and O–H groups in total. The standard InChI is InChI=1S/C25H26N6O3S3/c1-31-23(16-6-3-2-4-7-16)29-30-24(31)35-15-22(33)27-17-9-10-19-20(12-17)37-25(28-19)36-14-21(32)26-13-18-8-5-11-34-18/h2-4,6-7,9-10,12,18H,5,8,11,13-15H2,1H3,(H,26,32)(H,27,33). The van der Waals surface area contributed by atoms with Crippen LogP contribution in [0, 0.1) is 0 Å². The molecule has 4 aromatic rings. The van der Waals surface area contributed by atoms with Gasteiger partial charge in [0.05, 0.1) is 27.8 Å². The lowest BCUT2D eigenvalue weighted by atomic mass is 10.2. The summed E-state index contributed by atoms with van der Waals surface area (Å²) in [6, 6.07) is 15.4. The number of amides is 2. The van der Waals surface area contributed by atoms with Gasteiger partial charge < -0.3 is 19.9 Å². The Balaban J connectivity index is 1.12. The van der Waals surface area contributed by atoms with Crippen molar-refractivity contribution in [3.05, 3.63) is 48.5 Å². The molecule has 2 aromatic heterocycles. The highest BCUT2D eigenvalue weighted by Gasteiger charge is 2.17. The molecule has 1 fully saturated rings. The summed E-state index contributed by atoms with van der Waals surface area (Å²) in [6.07, 6.45) is 2.19. The molecule has 2 amide bonds. The molecule has 12 heteroatoms. The number of anilines is 1. The Labute approximate surface area is 226 Å². The van der Waals surface area contributed by atoms with E-state index in [-0.39, 0.29) is 23.7 Å².